The maximum Gasteiger partial charge on any atom is 0.125 e. The van der Waals surface area contributed by atoms with Crippen LogP contribution in [0.3, 0.4) is 0 Å². The van der Waals surface area contributed by atoms with E-state index in [2.05, 4.69) is 0 Å². The number of aryl methyl sites for hydroxylation is 2. The third-order valence-electron chi connectivity index (χ3n) is 2.37. The van der Waals surface area contributed by atoms with Gasteiger partial charge >= 0.3 is 0 Å². The second-order valence-corrected chi connectivity index (χ2v) is 4.90. The van der Waals surface area contributed by atoms with Gasteiger partial charge < -0.3 is 5.11 Å². The minimum absolute atomic E-state index is 0.255. The Morgan fingerprint density at radius 1 is 1.20 bits per heavy atom. The summed E-state index contributed by atoms with van der Waals surface area (Å²) in [7, 11) is 0. The lowest BCUT2D eigenvalue weighted by atomic mass is 10.0. The molecule has 0 saturated heterocycles. The van der Waals surface area contributed by atoms with Crippen LogP contribution in [0.15, 0.2) is 23.6 Å². The predicted octanol–water partition coefficient (Wildman–Crippen LogP) is 4.39. The number of rotatable bonds is 1. The summed E-state index contributed by atoms with van der Waals surface area (Å²) < 4.78 is 0. The summed E-state index contributed by atoms with van der Waals surface area (Å²) in [6, 6.07) is 5.51. The third kappa shape index (κ3) is 1.87. The molecule has 1 aromatic carbocycles. The van der Waals surface area contributed by atoms with Crippen molar-refractivity contribution in [2.75, 3.05) is 0 Å². The molecule has 3 heteroatoms. The van der Waals surface area contributed by atoms with Gasteiger partial charge in [-0.25, -0.2) is 0 Å². The molecule has 2 rings (SSSR count). The van der Waals surface area contributed by atoms with E-state index in [0.29, 0.717) is 5.02 Å². The normalized spacial score (nSPS) is 10.6. The number of halogens is 1. The molecular weight excluding hydrogens is 228 g/mol. The van der Waals surface area contributed by atoms with Crippen molar-refractivity contribution in [1.82, 2.24) is 0 Å². The van der Waals surface area contributed by atoms with Gasteiger partial charge in [0.25, 0.3) is 0 Å². The molecule has 78 valence electrons. The van der Waals surface area contributed by atoms with Gasteiger partial charge in [-0.2, -0.15) is 0 Å². The maximum absolute atomic E-state index is 9.89. The first-order valence-electron chi connectivity index (χ1n) is 4.63. The first kappa shape index (κ1) is 10.5. The van der Waals surface area contributed by atoms with Crippen molar-refractivity contribution in [2.45, 2.75) is 13.8 Å². The van der Waals surface area contributed by atoms with Gasteiger partial charge in [0.05, 0.1) is 0 Å². The fourth-order valence-electron chi connectivity index (χ4n) is 1.65. The van der Waals surface area contributed by atoms with E-state index in [4.69, 9.17) is 11.6 Å². The average Bonchev–Trinajstić information content (AvgIpc) is 2.50. The zero-order chi connectivity index (χ0) is 11.0. The summed E-state index contributed by atoms with van der Waals surface area (Å²) in [6.45, 7) is 4.00. The van der Waals surface area contributed by atoms with Crippen molar-refractivity contribution in [2.24, 2.45) is 0 Å². The van der Waals surface area contributed by atoms with E-state index >= 15 is 0 Å². The van der Waals surface area contributed by atoms with Crippen molar-refractivity contribution in [3.8, 4) is 16.2 Å². The predicted molar refractivity (Wildman–Crippen MR) is 65.9 cm³/mol. The Kier molecular flexibility index (Phi) is 2.72. The molecule has 2 aromatic rings. The van der Waals surface area contributed by atoms with Crippen molar-refractivity contribution in [3.63, 3.8) is 0 Å². The lowest BCUT2D eigenvalue weighted by molar-refractivity contribution is 0.477. The second kappa shape index (κ2) is 3.87. The number of benzene rings is 1. The summed E-state index contributed by atoms with van der Waals surface area (Å²) in [6.07, 6.45) is 0. The van der Waals surface area contributed by atoms with E-state index in [1.807, 2.05) is 31.4 Å². The summed E-state index contributed by atoms with van der Waals surface area (Å²) in [5.74, 6) is 0.255. The van der Waals surface area contributed by atoms with Gasteiger partial charge in [-0.15, -0.1) is 11.3 Å². The number of aromatic hydroxyl groups is 1. The molecule has 0 unspecified atom stereocenters. The molecule has 0 bridgehead atoms. The molecule has 0 amide bonds. The van der Waals surface area contributed by atoms with E-state index in [-0.39, 0.29) is 5.75 Å². The minimum atomic E-state index is 0.255. The first-order chi connectivity index (χ1) is 7.09. The van der Waals surface area contributed by atoms with Crippen LogP contribution in [0.1, 0.15) is 11.1 Å². The Labute approximate surface area is 98.0 Å². The molecule has 0 radical (unpaired) electrons. The molecule has 0 aliphatic heterocycles. The Hall–Kier alpha value is -0.990. The fourth-order valence-corrected chi connectivity index (χ4v) is 2.96. The van der Waals surface area contributed by atoms with E-state index in [0.717, 1.165) is 16.0 Å². The number of phenolic OH excluding ortho intramolecular Hbond substituents is 1. The van der Waals surface area contributed by atoms with Gasteiger partial charge in [-0.1, -0.05) is 11.6 Å². The third-order valence-corrected chi connectivity index (χ3v) is 3.62. The van der Waals surface area contributed by atoms with Crippen LogP contribution < -0.4 is 0 Å². The lowest BCUT2D eigenvalue weighted by Crippen LogP contribution is -1.84. The Morgan fingerprint density at radius 3 is 2.47 bits per heavy atom. The molecule has 0 atom stereocenters. The van der Waals surface area contributed by atoms with Gasteiger partial charge in [-0.05, 0) is 48.6 Å². The highest BCUT2D eigenvalue weighted by Gasteiger charge is 2.12. The molecule has 0 saturated carbocycles. The van der Waals surface area contributed by atoms with E-state index in [9.17, 15) is 5.11 Å². The number of phenols is 1. The summed E-state index contributed by atoms with van der Waals surface area (Å²) in [5, 5.41) is 12.5. The molecule has 0 fully saturated rings. The first-order valence-corrected chi connectivity index (χ1v) is 5.89. The minimum Gasteiger partial charge on any atom is -0.507 e. The van der Waals surface area contributed by atoms with Crippen LogP contribution in [-0.2, 0) is 0 Å². The Balaban J connectivity index is 2.68. The molecule has 0 aliphatic carbocycles. The highest BCUT2D eigenvalue weighted by molar-refractivity contribution is 7.13. The van der Waals surface area contributed by atoms with E-state index < -0.39 is 0 Å². The zero-order valence-corrected chi connectivity index (χ0v) is 10.1. The van der Waals surface area contributed by atoms with Gasteiger partial charge in [0, 0.05) is 15.5 Å². The second-order valence-electron chi connectivity index (χ2n) is 3.55. The largest absolute Gasteiger partial charge is 0.507 e. The Bertz CT molecular complexity index is 479. The molecule has 0 spiro atoms. The van der Waals surface area contributed by atoms with Crippen molar-refractivity contribution < 1.29 is 5.11 Å². The highest BCUT2D eigenvalue weighted by Crippen LogP contribution is 2.39. The van der Waals surface area contributed by atoms with Crippen LogP contribution in [0.4, 0.5) is 0 Å². The molecular formula is C12H11ClOS. The monoisotopic (exact) mass is 238 g/mol. The van der Waals surface area contributed by atoms with E-state index in [1.165, 1.54) is 5.56 Å². The molecule has 0 aliphatic rings. The fraction of sp³-hybridized carbons (Fsp3) is 0.167. The van der Waals surface area contributed by atoms with Crippen LogP contribution in [0.2, 0.25) is 5.02 Å². The van der Waals surface area contributed by atoms with Crippen molar-refractivity contribution in [1.29, 1.82) is 0 Å². The molecule has 1 N–H and O–H groups in total. The SMILES string of the molecule is Cc1ccsc1-c1c(C)cc(Cl)cc1O. The van der Waals surface area contributed by atoms with Gasteiger partial charge in [-0.3, -0.25) is 0 Å². The molecule has 1 nitrogen and oxygen atoms in total. The highest BCUT2D eigenvalue weighted by atomic mass is 35.5. The topological polar surface area (TPSA) is 20.2 Å². The van der Waals surface area contributed by atoms with Crippen LogP contribution >= 0.6 is 22.9 Å². The number of hydrogen-bond donors (Lipinski definition) is 1. The van der Waals surface area contributed by atoms with Crippen LogP contribution in [0, 0.1) is 13.8 Å². The van der Waals surface area contributed by atoms with Gasteiger partial charge in [0.2, 0.25) is 0 Å². The summed E-state index contributed by atoms with van der Waals surface area (Å²) >= 11 is 7.50. The van der Waals surface area contributed by atoms with Crippen molar-refractivity contribution >= 4 is 22.9 Å². The van der Waals surface area contributed by atoms with Crippen molar-refractivity contribution in [3.05, 3.63) is 39.7 Å². The smallest absolute Gasteiger partial charge is 0.125 e. The van der Waals surface area contributed by atoms with Crippen LogP contribution in [0.25, 0.3) is 10.4 Å². The number of hydrogen-bond acceptors (Lipinski definition) is 2. The number of thiophene rings is 1. The Morgan fingerprint density at radius 2 is 1.93 bits per heavy atom. The van der Waals surface area contributed by atoms with Gasteiger partial charge in [0.15, 0.2) is 0 Å². The molecule has 1 aromatic heterocycles. The quantitative estimate of drug-likeness (QED) is 0.781. The van der Waals surface area contributed by atoms with Crippen LogP contribution in [0.5, 0.6) is 5.75 Å². The lowest BCUT2D eigenvalue weighted by Gasteiger charge is -2.08. The standard InChI is InChI=1S/C12H11ClOS/c1-7-3-4-15-12(7)11-8(2)5-9(13)6-10(11)14/h3-6,14H,1-2H3. The van der Waals surface area contributed by atoms with Gasteiger partial charge in [0.1, 0.15) is 5.75 Å². The maximum atomic E-state index is 9.89. The average molecular weight is 239 g/mol. The zero-order valence-electron chi connectivity index (χ0n) is 8.54. The molecule has 1 heterocycles. The van der Waals surface area contributed by atoms with Crippen LogP contribution in [-0.4, -0.2) is 5.11 Å². The van der Waals surface area contributed by atoms with E-state index in [1.54, 1.807) is 17.4 Å². The molecule has 15 heavy (non-hydrogen) atoms. The summed E-state index contributed by atoms with van der Waals surface area (Å²) in [4.78, 5) is 1.11. The summed E-state index contributed by atoms with van der Waals surface area (Å²) in [5.41, 5.74) is 3.08.